The van der Waals surface area contributed by atoms with Crippen molar-refractivity contribution >= 4 is 28.3 Å². The first-order valence-electron chi connectivity index (χ1n) is 5.37. The van der Waals surface area contributed by atoms with Crippen LogP contribution in [0.25, 0.3) is 0 Å². The zero-order valence-corrected chi connectivity index (χ0v) is 11.7. The molecule has 0 aliphatic carbocycles. The van der Waals surface area contributed by atoms with E-state index in [9.17, 15) is 0 Å². The van der Waals surface area contributed by atoms with Crippen molar-refractivity contribution in [2.24, 2.45) is 0 Å². The fourth-order valence-corrected chi connectivity index (χ4v) is 2.26. The number of halogens is 1. The molecule has 0 saturated heterocycles. The van der Waals surface area contributed by atoms with Crippen LogP contribution < -0.4 is 5.32 Å². The Labute approximate surface area is 114 Å². The van der Waals surface area contributed by atoms with Crippen LogP contribution in [0.5, 0.6) is 0 Å². The molecule has 0 aliphatic heterocycles. The highest BCUT2D eigenvalue weighted by molar-refractivity contribution is 14.1. The van der Waals surface area contributed by atoms with Gasteiger partial charge < -0.3 is 14.8 Å². The molecule has 4 heteroatoms. The predicted molar refractivity (Wildman–Crippen MR) is 75.9 cm³/mol. The molecule has 17 heavy (non-hydrogen) atoms. The van der Waals surface area contributed by atoms with Crippen LogP contribution in [0.1, 0.15) is 17.1 Å². The summed E-state index contributed by atoms with van der Waals surface area (Å²) in [5.41, 5.74) is 2.32. The number of anilines is 1. The Bertz CT molecular complexity index is 508. The van der Waals surface area contributed by atoms with E-state index in [0.29, 0.717) is 12.3 Å². The molecule has 0 amide bonds. The molecule has 2 N–H and O–H groups in total. The van der Waals surface area contributed by atoms with Crippen molar-refractivity contribution in [3.05, 3.63) is 51.0 Å². The van der Waals surface area contributed by atoms with Gasteiger partial charge in [0.1, 0.15) is 18.1 Å². The Kier molecular flexibility index (Phi) is 4.06. The number of benzene rings is 1. The minimum absolute atomic E-state index is 0.0530. The fraction of sp³-hybridized carbons (Fsp3) is 0.231. The number of aryl methyl sites for hydroxylation is 1. The minimum atomic E-state index is -0.0530. The average Bonchev–Trinajstić information content (AvgIpc) is 2.76. The van der Waals surface area contributed by atoms with E-state index in [4.69, 9.17) is 9.52 Å². The van der Waals surface area contributed by atoms with Crippen LogP contribution in [0.3, 0.4) is 0 Å². The molecular weight excluding hydrogens is 329 g/mol. The normalized spacial score (nSPS) is 10.5. The first kappa shape index (κ1) is 12.4. The maximum absolute atomic E-state index is 8.90. The third-order valence-electron chi connectivity index (χ3n) is 2.51. The largest absolute Gasteiger partial charge is 0.462 e. The first-order chi connectivity index (χ1) is 8.19. The van der Waals surface area contributed by atoms with Crippen LogP contribution in [0.2, 0.25) is 0 Å². The number of nitrogens with one attached hydrogen (secondary N) is 1. The lowest BCUT2D eigenvalue weighted by molar-refractivity contribution is 0.244. The van der Waals surface area contributed by atoms with Crippen LogP contribution >= 0.6 is 22.6 Å². The number of rotatable bonds is 4. The van der Waals surface area contributed by atoms with Crippen LogP contribution in [0.4, 0.5) is 5.69 Å². The number of aliphatic hydroxyl groups is 1. The molecule has 0 atom stereocenters. The molecule has 2 aromatic rings. The van der Waals surface area contributed by atoms with E-state index in [1.807, 2.05) is 6.07 Å². The SMILES string of the molecule is Cc1cc(I)ccc1NCc1ccc(CO)o1. The van der Waals surface area contributed by atoms with Gasteiger partial charge in [-0.05, 0) is 65.4 Å². The van der Waals surface area contributed by atoms with Gasteiger partial charge in [0, 0.05) is 9.26 Å². The topological polar surface area (TPSA) is 45.4 Å². The molecule has 3 nitrogen and oxygen atoms in total. The molecule has 0 unspecified atom stereocenters. The third kappa shape index (κ3) is 3.23. The quantitative estimate of drug-likeness (QED) is 0.838. The Morgan fingerprint density at radius 2 is 2.00 bits per heavy atom. The molecule has 0 radical (unpaired) electrons. The van der Waals surface area contributed by atoms with Crippen molar-refractivity contribution in [3.8, 4) is 0 Å². The summed E-state index contributed by atoms with van der Waals surface area (Å²) in [5, 5.41) is 12.2. The second kappa shape index (κ2) is 5.55. The van der Waals surface area contributed by atoms with Gasteiger partial charge in [-0.25, -0.2) is 0 Å². The highest BCUT2D eigenvalue weighted by atomic mass is 127. The summed E-state index contributed by atoms with van der Waals surface area (Å²) in [6, 6.07) is 9.92. The summed E-state index contributed by atoms with van der Waals surface area (Å²) in [5.74, 6) is 1.42. The van der Waals surface area contributed by atoms with E-state index in [1.54, 1.807) is 6.07 Å². The zero-order chi connectivity index (χ0) is 12.3. The maximum Gasteiger partial charge on any atom is 0.129 e. The van der Waals surface area contributed by atoms with Gasteiger partial charge in [0.05, 0.1) is 6.54 Å². The number of hydrogen-bond donors (Lipinski definition) is 2. The average molecular weight is 343 g/mol. The van der Waals surface area contributed by atoms with Crippen molar-refractivity contribution < 1.29 is 9.52 Å². The van der Waals surface area contributed by atoms with Crippen molar-refractivity contribution in [2.45, 2.75) is 20.1 Å². The van der Waals surface area contributed by atoms with Crippen LogP contribution in [-0.2, 0) is 13.2 Å². The molecule has 1 heterocycles. The minimum Gasteiger partial charge on any atom is -0.462 e. The fourth-order valence-electron chi connectivity index (χ4n) is 1.61. The smallest absolute Gasteiger partial charge is 0.129 e. The molecule has 0 aliphatic rings. The van der Waals surface area contributed by atoms with Crippen molar-refractivity contribution in [1.82, 2.24) is 0 Å². The second-order valence-electron chi connectivity index (χ2n) is 3.84. The third-order valence-corrected chi connectivity index (χ3v) is 3.19. The lowest BCUT2D eigenvalue weighted by Gasteiger charge is -2.08. The van der Waals surface area contributed by atoms with Crippen molar-refractivity contribution in [1.29, 1.82) is 0 Å². The van der Waals surface area contributed by atoms with E-state index in [-0.39, 0.29) is 6.61 Å². The van der Waals surface area contributed by atoms with Gasteiger partial charge in [-0.2, -0.15) is 0 Å². The van der Waals surface area contributed by atoms with Crippen LogP contribution in [-0.4, -0.2) is 5.11 Å². The summed E-state index contributed by atoms with van der Waals surface area (Å²) >= 11 is 2.30. The molecule has 2 rings (SSSR count). The standard InChI is InChI=1S/C13H14INO2/c1-9-6-10(14)2-5-13(9)15-7-11-3-4-12(8-16)17-11/h2-6,15-16H,7-8H2,1H3. The maximum atomic E-state index is 8.90. The van der Waals surface area contributed by atoms with Gasteiger partial charge in [-0.1, -0.05) is 0 Å². The van der Waals surface area contributed by atoms with E-state index in [0.717, 1.165) is 11.4 Å². The van der Waals surface area contributed by atoms with Gasteiger partial charge in [0.25, 0.3) is 0 Å². The summed E-state index contributed by atoms with van der Waals surface area (Å²) in [6.07, 6.45) is 0. The van der Waals surface area contributed by atoms with E-state index < -0.39 is 0 Å². The predicted octanol–water partition coefficient (Wildman–Crippen LogP) is 3.30. The van der Waals surface area contributed by atoms with Crippen molar-refractivity contribution in [2.75, 3.05) is 5.32 Å². The Morgan fingerprint density at radius 3 is 2.65 bits per heavy atom. The monoisotopic (exact) mass is 343 g/mol. The molecule has 0 bridgehead atoms. The van der Waals surface area contributed by atoms with Crippen molar-refractivity contribution in [3.63, 3.8) is 0 Å². The van der Waals surface area contributed by atoms with Gasteiger partial charge in [0.15, 0.2) is 0 Å². The van der Waals surface area contributed by atoms with Gasteiger partial charge in [-0.15, -0.1) is 0 Å². The zero-order valence-electron chi connectivity index (χ0n) is 9.53. The van der Waals surface area contributed by atoms with E-state index >= 15 is 0 Å². The first-order valence-corrected chi connectivity index (χ1v) is 6.45. The Balaban J connectivity index is 2.02. The molecule has 0 saturated carbocycles. The van der Waals surface area contributed by atoms with Gasteiger partial charge >= 0.3 is 0 Å². The molecule has 0 spiro atoms. The van der Waals surface area contributed by atoms with E-state index in [1.165, 1.54) is 9.13 Å². The Morgan fingerprint density at radius 1 is 1.24 bits per heavy atom. The van der Waals surface area contributed by atoms with Gasteiger partial charge in [-0.3, -0.25) is 0 Å². The summed E-state index contributed by atoms with van der Waals surface area (Å²) in [6.45, 7) is 2.65. The lowest BCUT2D eigenvalue weighted by atomic mass is 10.2. The Hall–Kier alpha value is -1.01. The molecule has 90 valence electrons. The summed E-state index contributed by atoms with van der Waals surface area (Å²) < 4.78 is 6.63. The summed E-state index contributed by atoms with van der Waals surface area (Å²) in [4.78, 5) is 0. The molecule has 1 aromatic carbocycles. The number of furan rings is 1. The molecular formula is C13H14INO2. The van der Waals surface area contributed by atoms with Crippen LogP contribution in [0, 0.1) is 10.5 Å². The van der Waals surface area contributed by atoms with Gasteiger partial charge in [0.2, 0.25) is 0 Å². The van der Waals surface area contributed by atoms with Crippen LogP contribution in [0.15, 0.2) is 34.7 Å². The van der Waals surface area contributed by atoms with E-state index in [2.05, 4.69) is 53.0 Å². The number of aliphatic hydroxyl groups excluding tert-OH is 1. The molecule has 0 fully saturated rings. The number of hydrogen-bond acceptors (Lipinski definition) is 3. The summed E-state index contributed by atoms with van der Waals surface area (Å²) in [7, 11) is 0. The highest BCUT2D eigenvalue weighted by Crippen LogP contribution is 2.19. The lowest BCUT2D eigenvalue weighted by Crippen LogP contribution is -2.00. The second-order valence-corrected chi connectivity index (χ2v) is 5.08. The molecule has 1 aromatic heterocycles. The highest BCUT2D eigenvalue weighted by Gasteiger charge is 2.02.